The van der Waals surface area contributed by atoms with Gasteiger partial charge in [0.05, 0.1) is 11.6 Å². The van der Waals surface area contributed by atoms with E-state index in [0.29, 0.717) is 11.1 Å². The standard InChI is InChI=1S/C14H14O4/c1-14(2,3)18-12(15)8-11-9-6-4-5-7-10(9)13(16)17-11/h4-8H,1-3H3/b11-8+. The normalized spacial score (nSPS) is 16.4. The number of ether oxygens (including phenoxy) is 2. The van der Waals surface area contributed by atoms with Crippen LogP contribution in [-0.2, 0) is 14.3 Å². The van der Waals surface area contributed by atoms with Crippen molar-refractivity contribution < 1.29 is 19.1 Å². The fraction of sp³-hybridized carbons (Fsp3) is 0.286. The van der Waals surface area contributed by atoms with E-state index in [-0.39, 0.29) is 5.76 Å². The SMILES string of the molecule is CC(C)(C)OC(=O)/C=C1/OC(=O)c2ccccc21. The number of rotatable bonds is 1. The zero-order valence-electron chi connectivity index (χ0n) is 10.5. The maximum Gasteiger partial charge on any atom is 0.344 e. The van der Waals surface area contributed by atoms with Crippen molar-refractivity contribution in [3.63, 3.8) is 0 Å². The first-order valence-corrected chi connectivity index (χ1v) is 5.63. The smallest absolute Gasteiger partial charge is 0.344 e. The molecule has 4 heteroatoms. The van der Waals surface area contributed by atoms with Gasteiger partial charge in [0.15, 0.2) is 0 Å². The lowest BCUT2D eigenvalue weighted by molar-refractivity contribution is -0.148. The van der Waals surface area contributed by atoms with Gasteiger partial charge < -0.3 is 9.47 Å². The Balaban J connectivity index is 2.27. The van der Waals surface area contributed by atoms with Crippen LogP contribution >= 0.6 is 0 Å². The van der Waals surface area contributed by atoms with Crippen molar-refractivity contribution in [1.82, 2.24) is 0 Å². The minimum Gasteiger partial charge on any atom is -0.457 e. The van der Waals surface area contributed by atoms with Crippen molar-refractivity contribution >= 4 is 17.7 Å². The molecule has 2 rings (SSSR count). The zero-order chi connectivity index (χ0) is 13.3. The van der Waals surface area contributed by atoms with Gasteiger partial charge in [-0.05, 0) is 26.8 Å². The first kappa shape index (κ1) is 12.4. The van der Waals surface area contributed by atoms with Crippen LogP contribution in [0.25, 0.3) is 5.76 Å². The summed E-state index contributed by atoms with van der Waals surface area (Å²) in [5.41, 5.74) is 0.511. The maximum atomic E-state index is 11.6. The van der Waals surface area contributed by atoms with Gasteiger partial charge >= 0.3 is 11.9 Å². The second-order valence-electron chi connectivity index (χ2n) is 4.98. The van der Waals surface area contributed by atoms with Gasteiger partial charge in [0.25, 0.3) is 0 Å². The van der Waals surface area contributed by atoms with Crippen LogP contribution in [0.3, 0.4) is 0 Å². The zero-order valence-corrected chi connectivity index (χ0v) is 10.5. The summed E-state index contributed by atoms with van der Waals surface area (Å²) in [6.45, 7) is 5.33. The van der Waals surface area contributed by atoms with Crippen LogP contribution in [0.2, 0.25) is 0 Å². The van der Waals surface area contributed by atoms with E-state index in [0.717, 1.165) is 0 Å². The molecule has 18 heavy (non-hydrogen) atoms. The van der Waals surface area contributed by atoms with E-state index in [2.05, 4.69) is 0 Å². The van der Waals surface area contributed by atoms with Crippen molar-refractivity contribution in [3.05, 3.63) is 41.5 Å². The average Bonchev–Trinajstić information content (AvgIpc) is 2.54. The molecule has 1 aromatic carbocycles. The predicted octanol–water partition coefficient (Wildman–Crippen LogP) is 2.54. The Morgan fingerprint density at radius 3 is 2.44 bits per heavy atom. The summed E-state index contributed by atoms with van der Waals surface area (Å²) in [5.74, 6) is -0.729. The molecule has 1 aromatic rings. The Bertz CT molecular complexity index is 535. The highest BCUT2D eigenvalue weighted by Gasteiger charge is 2.27. The summed E-state index contributed by atoms with van der Waals surface area (Å²) < 4.78 is 10.2. The lowest BCUT2D eigenvalue weighted by Crippen LogP contribution is -2.22. The molecule has 0 aromatic heterocycles. The Morgan fingerprint density at radius 1 is 1.22 bits per heavy atom. The molecule has 4 nitrogen and oxygen atoms in total. The molecule has 0 fully saturated rings. The van der Waals surface area contributed by atoms with E-state index in [1.807, 2.05) is 0 Å². The van der Waals surface area contributed by atoms with Gasteiger partial charge in [-0.3, -0.25) is 0 Å². The molecular weight excluding hydrogens is 232 g/mol. The highest BCUT2D eigenvalue weighted by molar-refractivity contribution is 6.05. The summed E-state index contributed by atoms with van der Waals surface area (Å²) in [5, 5.41) is 0. The lowest BCUT2D eigenvalue weighted by atomic mass is 10.1. The second kappa shape index (κ2) is 4.29. The van der Waals surface area contributed by atoms with Gasteiger partial charge in [0.2, 0.25) is 0 Å². The minimum atomic E-state index is -0.573. The fourth-order valence-corrected chi connectivity index (χ4v) is 1.63. The molecule has 0 unspecified atom stereocenters. The summed E-state index contributed by atoms with van der Waals surface area (Å²) >= 11 is 0. The molecule has 1 aliphatic rings. The van der Waals surface area contributed by atoms with E-state index in [1.165, 1.54) is 6.08 Å². The van der Waals surface area contributed by atoms with E-state index >= 15 is 0 Å². The molecule has 0 bridgehead atoms. The average molecular weight is 246 g/mol. The molecular formula is C14H14O4. The Kier molecular flexibility index (Phi) is 2.95. The molecule has 0 saturated carbocycles. The number of benzene rings is 1. The lowest BCUT2D eigenvalue weighted by Gasteiger charge is -2.18. The second-order valence-corrected chi connectivity index (χ2v) is 4.98. The number of hydrogen-bond acceptors (Lipinski definition) is 4. The molecule has 0 saturated heterocycles. The third-order valence-electron chi connectivity index (χ3n) is 2.27. The number of carbonyl (C=O) groups is 2. The van der Waals surface area contributed by atoms with Gasteiger partial charge in [-0.15, -0.1) is 0 Å². The van der Waals surface area contributed by atoms with Crippen LogP contribution in [0.15, 0.2) is 30.3 Å². The van der Waals surface area contributed by atoms with Crippen LogP contribution in [0, 0.1) is 0 Å². The maximum absolute atomic E-state index is 11.6. The molecule has 0 aliphatic carbocycles. The summed E-state index contributed by atoms with van der Waals surface area (Å²) in [6.07, 6.45) is 1.20. The molecule has 0 N–H and O–H groups in total. The van der Waals surface area contributed by atoms with Gasteiger partial charge in [-0.25, -0.2) is 9.59 Å². The van der Waals surface area contributed by atoms with Crippen LogP contribution in [0.4, 0.5) is 0 Å². The van der Waals surface area contributed by atoms with Crippen molar-refractivity contribution in [1.29, 1.82) is 0 Å². The van der Waals surface area contributed by atoms with Crippen LogP contribution in [0.1, 0.15) is 36.7 Å². The number of esters is 2. The fourth-order valence-electron chi connectivity index (χ4n) is 1.63. The van der Waals surface area contributed by atoms with Crippen molar-refractivity contribution in [2.45, 2.75) is 26.4 Å². The molecule has 0 amide bonds. The number of hydrogen-bond donors (Lipinski definition) is 0. The quantitative estimate of drug-likeness (QED) is 0.564. The molecule has 1 aliphatic heterocycles. The predicted molar refractivity (Wildman–Crippen MR) is 65.7 cm³/mol. The molecule has 0 radical (unpaired) electrons. The highest BCUT2D eigenvalue weighted by atomic mass is 16.6. The van der Waals surface area contributed by atoms with Gasteiger partial charge in [-0.2, -0.15) is 0 Å². The van der Waals surface area contributed by atoms with E-state index in [9.17, 15) is 9.59 Å². The summed E-state index contributed by atoms with van der Waals surface area (Å²) in [6, 6.07) is 6.92. The molecule has 0 atom stereocenters. The Labute approximate surface area is 105 Å². The van der Waals surface area contributed by atoms with Crippen LogP contribution in [0.5, 0.6) is 0 Å². The Hall–Kier alpha value is -2.10. The summed E-state index contributed by atoms with van der Waals surface area (Å²) in [4.78, 5) is 23.2. The van der Waals surface area contributed by atoms with Gasteiger partial charge in [-0.1, -0.05) is 18.2 Å². The van der Waals surface area contributed by atoms with Crippen molar-refractivity contribution in [2.75, 3.05) is 0 Å². The third-order valence-corrected chi connectivity index (χ3v) is 2.27. The Morgan fingerprint density at radius 2 is 1.83 bits per heavy atom. The molecule has 94 valence electrons. The topological polar surface area (TPSA) is 52.6 Å². The third kappa shape index (κ3) is 2.59. The largest absolute Gasteiger partial charge is 0.457 e. The van der Waals surface area contributed by atoms with E-state index in [1.54, 1.807) is 45.0 Å². The van der Waals surface area contributed by atoms with E-state index in [4.69, 9.17) is 9.47 Å². The first-order valence-electron chi connectivity index (χ1n) is 5.63. The van der Waals surface area contributed by atoms with E-state index < -0.39 is 17.5 Å². The first-order chi connectivity index (χ1) is 8.37. The van der Waals surface area contributed by atoms with Crippen LogP contribution in [-0.4, -0.2) is 17.5 Å². The van der Waals surface area contributed by atoms with Gasteiger partial charge in [0, 0.05) is 5.56 Å². The molecule has 0 spiro atoms. The number of carbonyl (C=O) groups excluding carboxylic acids is 2. The van der Waals surface area contributed by atoms with Gasteiger partial charge in [0.1, 0.15) is 11.4 Å². The number of cyclic esters (lactones) is 1. The van der Waals surface area contributed by atoms with Crippen molar-refractivity contribution in [3.8, 4) is 0 Å². The monoisotopic (exact) mass is 246 g/mol. The molecule has 1 heterocycles. The number of fused-ring (bicyclic) bond motifs is 1. The minimum absolute atomic E-state index is 0.241. The summed E-state index contributed by atoms with van der Waals surface area (Å²) in [7, 11) is 0. The highest BCUT2D eigenvalue weighted by Crippen LogP contribution is 2.29. The van der Waals surface area contributed by atoms with Crippen molar-refractivity contribution in [2.24, 2.45) is 0 Å². The van der Waals surface area contributed by atoms with Crippen LogP contribution < -0.4 is 0 Å².